The summed E-state index contributed by atoms with van der Waals surface area (Å²) in [5.74, 6) is -1.64. The summed E-state index contributed by atoms with van der Waals surface area (Å²) in [7, 11) is 0. The van der Waals surface area contributed by atoms with Crippen LogP contribution in [0, 0.1) is 0 Å². The Morgan fingerprint density at radius 2 is 1.66 bits per heavy atom. The molecule has 1 aromatic heterocycles. The van der Waals surface area contributed by atoms with E-state index >= 15 is 0 Å². The highest BCUT2D eigenvalue weighted by molar-refractivity contribution is 7.80. The lowest BCUT2D eigenvalue weighted by atomic mass is 9.84. The van der Waals surface area contributed by atoms with E-state index in [2.05, 4.69) is 17.4 Å². The summed E-state index contributed by atoms with van der Waals surface area (Å²) in [5.41, 5.74) is 3.26. The van der Waals surface area contributed by atoms with Crippen molar-refractivity contribution in [3.8, 4) is 5.69 Å². The van der Waals surface area contributed by atoms with Crippen molar-refractivity contribution in [3.63, 3.8) is 0 Å². The summed E-state index contributed by atoms with van der Waals surface area (Å²) in [6.07, 6.45) is -0.367. The Bertz CT molecular complexity index is 1410. The van der Waals surface area contributed by atoms with Crippen LogP contribution in [0.4, 0.5) is 13.2 Å². The SMILES string of the molecule is O=C(CNCCc1ccccc1)N1CCc2nc(C3CCC3)n(-c3ccccc3)c(=O)c2C1S.O=C(O)C(F)(F)F. The highest BCUT2D eigenvalue weighted by Gasteiger charge is 2.38. The highest BCUT2D eigenvalue weighted by Crippen LogP contribution is 2.37. The maximum absolute atomic E-state index is 13.8. The van der Waals surface area contributed by atoms with Crippen molar-refractivity contribution in [2.45, 2.75) is 49.6 Å². The van der Waals surface area contributed by atoms with Crippen molar-refractivity contribution in [1.29, 1.82) is 0 Å². The van der Waals surface area contributed by atoms with Crippen molar-refractivity contribution in [3.05, 3.63) is 93.7 Å². The largest absolute Gasteiger partial charge is 0.490 e. The Morgan fingerprint density at radius 1 is 1.05 bits per heavy atom. The molecule has 2 heterocycles. The summed E-state index contributed by atoms with van der Waals surface area (Å²) in [4.78, 5) is 42.4. The normalized spacial score (nSPS) is 16.7. The Balaban J connectivity index is 0.000000493. The number of carboxylic acids is 1. The van der Waals surface area contributed by atoms with Crippen LogP contribution in [0.2, 0.25) is 0 Å². The molecule has 218 valence electrons. The monoisotopic (exact) mass is 588 g/mol. The van der Waals surface area contributed by atoms with Crippen molar-refractivity contribution >= 4 is 24.5 Å². The number of benzene rings is 2. The van der Waals surface area contributed by atoms with E-state index < -0.39 is 17.5 Å². The summed E-state index contributed by atoms with van der Waals surface area (Å²) in [6, 6.07) is 19.9. The minimum Gasteiger partial charge on any atom is -0.475 e. The molecule has 1 unspecified atom stereocenters. The fraction of sp³-hybridized carbons (Fsp3) is 0.379. The van der Waals surface area contributed by atoms with Gasteiger partial charge < -0.3 is 15.3 Å². The molecular formula is C29H31F3N4O4S. The average Bonchev–Trinajstić information content (AvgIpc) is 2.91. The van der Waals surface area contributed by atoms with Crippen LogP contribution >= 0.6 is 12.6 Å². The Morgan fingerprint density at radius 3 is 2.22 bits per heavy atom. The standard InChI is InChI=1S/C27H30N4O2S.C2HF3O2/c32-23(18-28-16-14-19-8-3-1-4-9-19)30-17-15-22-24(27(30)34)26(33)31(21-12-5-2-6-13-21)25(29-22)20-10-7-11-20;3-2(4,5)1(6)7/h1-6,8-9,12-13,20,27-28,34H,7,10-11,14-18H2;(H,6,7). The lowest BCUT2D eigenvalue weighted by Crippen LogP contribution is -2.46. The average molecular weight is 589 g/mol. The highest BCUT2D eigenvalue weighted by atomic mass is 32.1. The molecule has 1 atom stereocenters. The van der Waals surface area contributed by atoms with Crippen LogP contribution < -0.4 is 10.9 Å². The summed E-state index contributed by atoms with van der Waals surface area (Å²) in [5, 5.41) is 9.77. The van der Waals surface area contributed by atoms with Gasteiger partial charge in [0.05, 0.1) is 23.5 Å². The van der Waals surface area contributed by atoms with Gasteiger partial charge in [-0.3, -0.25) is 14.2 Å². The first-order valence-electron chi connectivity index (χ1n) is 13.3. The molecule has 0 radical (unpaired) electrons. The molecule has 2 aliphatic rings. The van der Waals surface area contributed by atoms with Crippen LogP contribution in [0.1, 0.15) is 53.2 Å². The number of nitrogens with one attached hydrogen (secondary N) is 1. The van der Waals surface area contributed by atoms with Gasteiger partial charge in [0.15, 0.2) is 0 Å². The van der Waals surface area contributed by atoms with Gasteiger partial charge in [0.2, 0.25) is 5.91 Å². The van der Waals surface area contributed by atoms with Crippen LogP contribution in [0.5, 0.6) is 0 Å². The molecule has 2 aromatic carbocycles. The Kier molecular flexibility index (Phi) is 9.87. The maximum Gasteiger partial charge on any atom is 0.490 e. The van der Waals surface area contributed by atoms with E-state index in [0.717, 1.165) is 36.5 Å². The topological polar surface area (TPSA) is 105 Å². The van der Waals surface area contributed by atoms with E-state index in [1.807, 2.05) is 48.5 Å². The number of carbonyl (C=O) groups excluding carboxylic acids is 1. The molecule has 0 bridgehead atoms. The first kappa shape index (κ1) is 30.3. The number of aliphatic carboxylic acids is 1. The van der Waals surface area contributed by atoms with Gasteiger partial charge >= 0.3 is 12.1 Å². The molecule has 1 aliphatic carbocycles. The molecule has 0 saturated heterocycles. The maximum atomic E-state index is 13.8. The van der Waals surface area contributed by atoms with E-state index in [4.69, 9.17) is 27.5 Å². The number of aromatic nitrogens is 2. The Hall–Kier alpha value is -3.64. The van der Waals surface area contributed by atoms with Gasteiger partial charge in [0.1, 0.15) is 11.2 Å². The molecule has 5 rings (SSSR count). The van der Waals surface area contributed by atoms with Crippen molar-refractivity contribution in [2.75, 3.05) is 19.6 Å². The van der Waals surface area contributed by atoms with Crippen molar-refractivity contribution in [2.24, 2.45) is 0 Å². The summed E-state index contributed by atoms with van der Waals surface area (Å²) in [6.45, 7) is 1.45. The number of hydrogen-bond acceptors (Lipinski definition) is 6. The van der Waals surface area contributed by atoms with E-state index in [0.29, 0.717) is 31.0 Å². The van der Waals surface area contributed by atoms with Crippen LogP contribution in [-0.2, 0) is 22.4 Å². The third kappa shape index (κ3) is 7.36. The predicted octanol–water partition coefficient (Wildman–Crippen LogP) is 4.28. The smallest absolute Gasteiger partial charge is 0.475 e. The molecule has 12 heteroatoms. The Labute approximate surface area is 240 Å². The van der Waals surface area contributed by atoms with Crippen molar-refractivity contribution in [1.82, 2.24) is 19.8 Å². The van der Waals surface area contributed by atoms with Crippen LogP contribution in [0.25, 0.3) is 5.69 Å². The van der Waals surface area contributed by atoms with Gasteiger partial charge in [0.25, 0.3) is 5.56 Å². The second-order valence-corrected chi connectivity index (χ2v) is 10.3. The molecule has 1 saturated carbocycles. The van der Waals surface area contributed by atoms with Gasteiger partial charge in [-0.15, -0.1) is 12.6 Å². The third-order valence-electron chi connectivity index (χ3n) is 7.12. The molecule has 2 N–H and O–H groups in total. The molecule has 1 fully saturated rings. The molecule has 1 amide bonds. The quantitative estimate of drug-likeness (QED) is 0.281. The van der Waals surface area contributed by atoms with E-state index in [9.17, 15) is 22.8 Å². The van der Waals surface area contributed by atoms with Crippen LogP contribution in [0.3, 0.4) is 0 Å². The predicted molar refractivity (Wildman–Crippen MR) is 150 cm³/mol. The second kappa shape index (κ2) is 13.3. The molecule has 8 nitrogen and oxygen atoms in total. The molecule has 0 spiro atoms. The number of rotatable bonds is 7. The van der Waals surface area contributed by atoms with E-state index in [-0.39, 0.29) is 18.0 Å². The van der Waals surface area contributed by atoms with Crippen molar-refractivity contribution < 1.29 is 27.9 Å². The number of amides is 1. The number of fused-ring (bicyclic) bond motifs is 1. The van der Waals surface area contributed by atoms with Crippen LogP contribution in [0.15, 0.2) is 65.5 Å². The fourth-order valence-corrected chi connectivity index (χ4v) is 5.26. The zero-order chi connectivity index (χ0) is 29.6. The molecule has 1 aliphatic heterocycles. The van der Waals surface area contributed by atoms with Gasteiger partial charge in [-0.05, 0) is 43.5 Å². The molecular weight excluding hydrogens is 557 g/mol. The van der Waals surface area contributed by atoms with Gasteiger partial charge in [-0.2, -0.15) is 13.2 Å². The second-order valence-electron chi connectivity index (χ2n) is 9.86. The summed E-state index contributed by atoms with van der Waals surface area (Å²) >= 11 is 4.75. The number of hydrogen-bond donors (Lipinski definition) is 3. The van der Waals surface area contributed by atoms with Gasteiger partial charge in [-0.25, -0.2) is 9.78 Å². The zero-order valence-corrected chi connectivity index (χ0v) is 23.1. The van der Waals surface area contributed by atoms with Gasteiger partial charge in [-0.1, -0.05) is 55.0 Å². The van der Waals surface area contributed by atoms with Gasteiger partial charge in [0, 0.05) is 18.9 Å². The number of thiol groups is 1. The lowest BCUT2D eigenvalue weighted by molar-refractivity contribution is -0.192. The number of alkyl halides is 3. The van der Waals surface area contributed by atoms with E-state index in [1.165, 1.54) is 12.0 Å². The van der Waals surface area contributed by atoms with E-state index in [1.54, 1.807) is 9.47 Å². The number of halogens is 3. The first-order valence-corrected chi connectivity index (χ1v) is 13.8. The number of para-hydroxylation sites is 1. The van der Waals surface area contributed by atoms with Crippen LogP contribution in [-0.4, -0.2) is 57.2 Å². The fourth-order valence-electron chi connectivity index (χ4n) is 4.75. The number of carboxylic acid groups (broad SMARTS) is 1. The lowest BCUT2D eigenvalue weighted by Gasteiger charge is -2.35. The first-order chi connectivity index (χ1) is 19.6. The summed E-state index contributed by atoms with van der Waals surface area (Å²) < 4.78 is 33.5. The third-order valence-corrected chi connectivity index (χ3v) is 7.66. The number of nitrogens with zero attached hydrogens (tertiary/aromatic N) is 3. The molecule has 3 aromatic rings. The number of carbonyl (C=O) groups is 2. The minimum absolute atomic E-state index is 0.0487. The zero-order valence-electron chi connectivity index (χ0n) is 22.2. The molecule has 41 heavy (non-hydrogen) atoms. The minimum atomic E-state index is -5.08.